The summed E-state index contributed by atoms with van der Waals surface area (Å²) in [7, 11) is 1.64. The van der Waals surface area contributed by atoms with Crippen LogP contribution in [-0.4, -0.2) is 28.7 Å². The molecule has 0 unspecified atom stereocenters. The van der Waals surface area contributed by atoms with Gasteiger partial charge in [-0.15, -0.1) is 0 Å². The molecule has 5 nitrogen and oxygen atoms in total. The molecule has 2 rings (SSSR count). The summed E-state index contributed by atoms with van der Waals surface area (Å²) in [5.74, 6) is -0.0465. The number of hydrogen-bond acceptors (Lipinski definition) is 5. The second-order valence-corrected chi connectivity index (χ2v) is 3.78. The first-order valence-corrected chi connectivity index (χ1v) is 5.81. The summed E-state index contributed by atoms with van der Waals surface area (Å²) in [4.78, 5) is 7.65. The molecule has 0 saturated heterocycles. The summed E-state index contributed by atoms with van der Waals surface area (Å²) in [6.07, 6.45) is 1.48. The molecule has 0 saturated carbocycles. The van der Waals surface area contributed by atoms with E-state index in [4.69, 9.17) is 9.84 Å². The number of rotatable bonds is 5. The first-order chi connectivity index (χ1) is 9.24. The summed E-state index contributed by atoms with van der Waals surface area (Å²) >= 11 is 0. The van der Waals surface area contributed by atoms with Gasteiger partial charge in [-0.25, -0.2) is 4.98 Å². The van der Waals surface area contributed by atoms with E-state index in [1.165, 1.54) is 0 Å². The molecule has 0 bridgehead atoms. The number of ether oxygens (including phenoxy) is 1. The molecule has 2 aromatic rings. The molecular formula is C13H14FN3O2. The number of nitrogens with zero attached hydrogens (tertiary/aromatic N) is 2. The van der Waals surface area contributed by atoms with E-state index >= 15 is 0 Å². The molecule has 100 valence electrons. The van der Waals surface area contributed by atoms with Gasteiger partial charge in [-0.1, -0.05) is 18.2 Å². The third-order valence-corrected chi connectivity index (χ3v) is 2.50. The maximum Gasteiger partial charge on any atom is 0.260 e. The number of halogens is 1. The molecule has 0 aliphatic carbocycles. The lowest BCUT2D eigenvalue weighted by Gasteiger charge is -2.10. The van der Waals surface area contributed by atoms with E-state index in [1.807, 2.05) is 12.1 Å². The van der Waals surface area contributed by atoms with Crippen LogP contribution in [0.4, 0.5) is 10.3 Å². The first kappa shape index (κ1) is 13.2. The van der Waals surface area contributed by atoms with E-state index in [2.05, 4.69) is 15.3 Å². The SMILES string of the molecule is CNc1ncc(F)c(Oc2ccccc2CCO)n1. The molecule has 1 aromatic heterocycles. The largest absolute Gasteiger partial charge is 0.436 e. The highest BCUT2D eigenvalue weighted by Crippen LogP contribution is 2.26. The van der Waals surface area contributed by atoms with Crippen LogP contribution in [0.25, 0.3) is 0 Å². The van der Waals surface area contributed by atoms with Gasteiger partial charge in [-0.3, -0.25) is 0 Å². The summed E-state index contributed by atoms with van der Waals surface area (Å²) in [6, 6.07) is 7.11. The molecule has 2 N–H and O–H groups in total. The molecule has 0 amide bonds. The number of hydrogen-bond donors (Lipinski definition) is 2. The summed E-state index contributed by atoms with van der Waals surface area (Å²) < 4.78 is 19.0. The van der Waals surface area contributed by atoms with E-state index in [0.717, 1.165) is 11.8 Å². The number of benzene rings is 1. The summed E-state index contributed by atoms with van der Waals surface area (Å²) in [5, 5.41) is 11.7. The van der Waals surface area contributed by atoms with Crippen molar-refractivity contribution in [1.82, 2.24) is 9.97 Å². The molecule has 0 aliphatic rings. The fraction of sp³-hybridized carbons (Fsp3) is 0.231. The fourth-order valence-corrected chi connectivity index (χ4v) is 1.58. The van der Waals surface area contributed by atoms with E-state index in [1.54, 1.807) is 19.2 Å². The van der Waals surface area contributed by atoms with Gasteiger partial charge in [-0.05, 0) is 18.1 Å². The topological polar surface area (TPSA) is 67.3 Å². The Bertz CT molecular complexity index is 563. The van der Waals surface area contributed by atoms with Crippen molar-refractivity contribution in [3.05, 3.63) is 41.8 Å². The van der Waals surface area contributed by atoms with Crippen molar-refractivity contribution in [3.8, 4) is 11.6 Å². The Labute approximate surface area is 110 Å². The van der Waals surface area contributed by atoms with Gasteiger partial charge in [0, 0.05) is 13.7 Å². The number of nitrogens with one attached hydrogen (secondary N) is 1. The maximum atomic E-state index is 13.6. The lowest BCUT2D eigenvalue weighted by atomic mass is 10.1. The predicted molar refractivity (Wildman–Crippen MR) is 68.8 cm³/mol. The molecule has 0 aliphatic heterocycles. The van der Waals surface area contributed by atoms with Crippen LogP contribution in [0.15, 0.2) is 30.5 Å². The average Bonchev–Trinajstić information content (AvgIpc) is 2.43. The van der Waals surface area contributed by atoms with Crippen LogP contribution in [0.1, 0.15) is 5.56 Å². The molecule has 0 radical (unpaired) electrons. The standard InChI is InChI=1S/C13H14FN3O2/c1-15-13-16-8-10(14)12(17-13)19-11-5-3-2-4-9(11)6-7-18/h2-5,8,18H,6-7H2,1H3,(H,15,16,17). The lowest BCUT2D eigenvalue weighted by molar-refractivity contribution is 0.297. The van der Waals surface area contributed by atoms with Crippen molar-refractivity contribution in [1.29, 1.82) is 0 Å². The minimum absolute atomic E-state index is 0.00556. The van der Waals surface area contributed by atoms with Gasteiger partial charge >= 0.3 is 0 Å². The average molecular weight is 263 g/mol. The lowest BCUT2D eigenvalue weighted by Crippen LogP contribution is -2.02. The Hall–Kier alpha value is -2.21. The zero-order valence-electron chi connectivity index (χ0n) is 10.4. The normalized spacial score (nSPS) is 10.3. The van der Waals surface area contributed by atoms with Crippen LogP contribution in [0.5, 0.6) is 11.6 Å². The number of para-hydroxylation sites is 1. The summed E-state index contributed by atoms with van der Waals surface area (Å²) in [5.41, 5.74) is 0.786. The highest BCUT2D eigenvalue weighted by molar-refractivity contribution is 5.37. The zero-order chi connectivity index (χ0) is 13.7. The van der Waals surface area contributed by atoms with E-state index in [-0.39, 0.29) is 18.4 Å². The van der Waals surface area contributed by atoms with Crippen LogP contribution in [0.3, 0.4) is 0 Å². The Morgan fingerprint density at radius 1 is 1.37 bits per heavy atom. The minimum atomic E-state index is -0.641. The van der Waals surface area contributed by atoms with Crippen LogP contribution >= 0.6 is 0 Å². The van der Waals surface area contributed by atoms with Crippen molar-refractivity contribution < 1.29 is 14.2 Å². The van der Waals surface area contributed by atoms with Crippen molar-refractivity contribution in [2.75, 3.05) is 19.0 Å². The predicted octanol–water partition coefficient (Wildman–Crippen LogP) is 1.98. The quantitative estimate of drug-likeness (QED) is 0.863. The van der Waals surface area contributed by atoms with E-state index in [0.29, 0.717) is 12.2 Å². The number of anilines is 1. The number of aliphatic hydroxyl groups excluding tert-OH is 1. The van der Waals surface area contributed by atoms with Crippen LogP contribution in [0.2, 0.25) is 0 Å². The monoisotopic (exact) mass is 263 g/mol. The van der Waals surface area contributed by atoms with E-state index in [9.17, 15) is 4.39 Å². The van der Waals surface area contributed by atoms with Crippen LogP contribution < -0.4 is 10.1 Å². The van der Waals surface area contributed by atoms with Crippen molar-refractivity contribution in [3.63, 3.8) is 0 Å². The second kappa shape index (κ2) is 6.10. The van der Waals surface area contributed by atoms with Gasteiger partial charge in [0.25, 0.3) is 5.88 Å². The van der Waals surface area contributed by atoms with Crippen molar-refractivity contribution in [2.45, 2.75) is 6.42 Å². The third kappa shape index (κ3) is 3.17. The third-order valence-electron chi connectivity index (χ3n) is 2.50. The van der Waals surface area contributed by atoms with Gasteiger partial charge < -0.3 is 15.2 Å². The molecule has 0 atom stereocenters. The minimum Gasteiger partial charge on any atom is -0.436 e. The highest BCUT2D eigenvalue weighted by atomic mass is 19.1. The first-order valence-electron chi connectivity index (χ1n) is 5.81. The molecular weight excluding hydrogens is 249 g/mol. The van der Waals surface area contributed by atoms with Gasteiger partial charge in [0.15, 0.2) is 0 Å². The fourth-order valence-electron chi connectivity index (χ4n) is 1.58. The molecule has 1 heterocycles. The van der Waals surface area contributed by atoms with Crippen molar-refractivity contribution in [2.24, 2.45) is 0 Å². The van der Waals surface area contributed by atoms with Crippen LogP contribution in [0, 0.1) is 5.82 Å². The number of aliphatic hydroxyl groups is 1. The van der Waals surface area contributed by atoms with Gasteiger partial charge in [-0.2, -0.15) is 9.37 Å². The summed E-state index contributed by atoms with van der Waals surface area (Å²) in [6.45, 7) is -0.00556. The smallest absolute Gasteiger partial charge is 0.260 e. The van der Waals surface area contributed by atoms with Gasteiger partial charge in [0.2, 0.25) is 11.8 Å². The van der Waals surface area contributed by atoms with E-state index < -0.39 is 5.82 Å². The highest BCUT2D eigenvalue weighted by Gasteiger charge is 2.11. The zero-order valence-corrected chi connectivity index (χ0v) is 10.4. The second-order valence-electron chi connectivity index (χ2n) is 3.78. The number of aromatic nitrogens is 2. The van der Waals surface area contributed by atoms with Crippen LogP contribution in [-0.2, 0) is 6.42 Å². The Morgan fingerprint density at radius 3 is 2.89 bits per heavy atom. The maximum absolute atomic E-state index is 13.6. The molecule has 19 heavy (non-hydrogen) atoms. The molecule has 0 spiro atoms. The Kier molecular flexibility index (Phi) is 4.25. The molecule has 6 heteroatoms. The Balaban J connectivity index is 2.30. The van der Waals surface area contributed by atoms with Gasteiger partial charge in [0.05, 0.1) is 6.20 Å². The molecule has 1 aromatic carbocycles. The van der Waals surface area contributed by atoms with Gasteiger partial charge in [0.1, 0.15) is 5.75 Å². The van der Waals surface area contributed by atoms with Crippen molar-refractivity contribution >= 4 is 5.95 Å². The Morgan fingerprint density at radius 2 is 2.16 bits per heavy atom. The molecule has 0 fully saturated rings.